The molecule has 0 spiro atoms. The maximum Gasteiger partial charge on any atom is 0.566 e. The third-order valence-corrected chi connectivity index (χ3v) is 1.76. The summed E-state index contributed by atoms with van der Waals surface area (Å²) in [6.45, 7) is -0.199. The Morgan fingerprint density at radius 3 is 2.50 bits per heavy atom. The molecule has 0 aromatic heterocycles. The molecule has 0 aliphatic rings. The van der Waals surface area contributed by atoms with Gasteiger partial charge in [0.15, 0.2) is 5.75 Å². The first-order valence-electron chi connectivity index (χ1n) is 3.50. The summed E-state index contributed by atoms with van der Waals surface area (Å²) in [4.78, 5) is 22.9. The monoisotopic (exact) mass is 218 g/mol. The smallest absolute Gasteiger partial charge is 0.371 e. The maximum absolute atomic E-state index is 10.7. The fourth-order valence-electron chi connectivity index (χ4n) is 0.638. The van der Waals surface area contributed by atoms with Crippen molar-refractivity contribution in [3.63, 3.8) is 0 Å². The van der Waals surface area contributed by atoms with Gasteiger partial charge >= 0.3 is 14.3 Å². The molecule has 0 aliphatic heterocycles. The molecule has 76 valence electrons. The van der Waals surface area contributed by atoms with Gasteiger partial charge in [-0.15, -0.1) is 0 Å². The van der Waals surface area contributed by atoms with Crippen LogP contribution in [0.3, 0.4) is 0 Å². The van der Waals surface area contributed by atoms with Crippen molar-refractivity contribution in [3.05, 3.63) is 30.3 Å². The van der Waals surface area contributed by atoms with Crippen LogP contribution < -0.4 is 4.89 Å². The van der Waals surface area contributed by atoms with Crippen LogP contribution in [-0.4, -0.2) is 11.4 Å². The molecule has 0 amide bonds. The van der Waals surface area contributed by atoms with Gasteiger partial charge in [-0.3, -0.25) is 9.69 Å². The fraction of sp³-hybridized carbons (Fsp3) is 0. The Kier molecular flexibility index (Phi) is 3.64. The van der Waals surface area contributed by atoms with Crippen LogP contribution in [0.5, 0.6) is 5.75 Å². The molecular formula is C7H7O6P. The van der Waals surface area contributed by atoms with Gasteiger partial charge in [-0.25, -0.2) is 4.57 Å². The topological polar surface area (TPSA) is 82.1 Å². The second kappa shape index (κ2) is 4.76. The zero-order chi connectivity index (χ0) is 10.4. The Morgan fingerprint density at radius 2 is 1.93 bits per heavy atom. The molecule has 14 heavy (non-hydrogen) atoms. The van der Waals surface area contributed by atoms with Crippen LogP contribution in [0.1, 0.15) is 0 Å². The number of phosphoric acid groups is 1. The number of carbonyl (C=O) groups excluding carboxylic acids is 1. The number of hydrogen-bond acceptors (Lipinski definition) is 5. The van der Waals surface area contributed by atoms with Crippen LogP contribution in [0.15, 0.2) is 30.3 Å². The van der Waals surface area contributed by atoms with Crippen molar-refractivity contribution >= 4 is 14.3 Å². The molecule has 7 heteroatoms. The standard InChI is InChI=1S/C7H7O6P/c8-6-11-14(9,10)13-12-7-4-2-1-3-5-7/h1-6H,(H,9,10). The van der Waals surface area contributed by atoms with E-state index in [4.69, 9.17) is 4.89 Å². The van der Waals surface area contributed by atoms with Gasteiger partial charge in [0.2, 0.25) is 0 Å². The normalized spacial score (nSPS) is 14.1. The van der Waals surface area contributed by atoms with Crippen molar-refractivity contribution in [1.29, 1.82) is 0 Å². The molecule has 6 nitrogen and oxygen atoms in total. The molecule has 1 aromatic carbocycles. The van der Waals surface area contributed by atoms with E-state index in [0.29, 0.717) is 0 Å². The molecule has 0 radical (unpaired) electrons. The lowest BCUT2D eigenvalue weighted by molar-refractivity contribution is -0.140. The Labute approximate surface area is 79.6 Å². The molecule has 0 fully saturated rings. The minimum absolute atomic E-state index is 0.199. The third kappa shape index (κ3) is 3.57. The van der Waals surface area contributed by atoms with Gasteiger partial charge < -0.3 is 9.41 Å². The van der Waals surface area contributed by atoms with Crippen LogP contribution >= 0.6 is 7.82 Å². The summed E-state index contributed by atoms with van der Waals surface area (Å²) >= 11 is 0. The second-order valence-corrected chi connectivity index (χ2v) is 3.44. The SMILES string of the molecule is O=COP(=O)(O)OOc1ccccc1. The Hall–Kier alpha value is -1.36. The van der Waals surface area contributed by atoms with Crippen molar-refractivity contribution in [1.82, 2.24) is 0 Å². The van der Waals surface area contributed by atoms with Gasteiger partial charge in [0.25, 0.3) is 0 Å². The summed E-state index contributed by atoms with van der Waals surface area (Å²) in [5, 5.41) is 0. The summed E-state index contributed by atoms with van der Waals surface area (Å²) in [7, 11) is -4.45. The highest BCUT2D eigenvalue weighted by molar-refractivity contribution is 7.47. The predicted octanol–water partition coefficient (Wildman–Crippen LogP) is 1.27. The van der Waals surface area contributed by atoms with E-state index in [-0.39, 0.29) is 12.2 Å². The van der Waals surface area contributed by atoms with E-state index in [0.717, 1.165) is 0 Å². The first-order valence-corrected chi connectivity index (χ1v) is 5.00. The second-order valence-electron chi connectivity index (χ2n) is 2.14. The van der Waals surface area contributed by atoms with Crippen molar-refractivity contribution in [2.24, 2.45) is 0 Å². The predicted molar refractivity (Wildman–Crippen MR) is 45.1 cm³/mol. The molecule has 0 saturated carbocycles. The summed E-state index contributed by atoms with van der Waals surface area (Å²) in [5.74, 6) is 0.219. The number of phosphoric ester groups is 1. The van der Waals surface area contributed by atoms with Crippen molar-refractivity contribution in [2.75, 3.05) is 0 Å². The average molecular weight is 218 g/mol. The quantitative estimate of drug-likeness (QED) is 0.347. The van der Waals surface area contributed by atoms with Crippen LogP contribution in [0.2, 0.25) is 0 Å². The average Bonchev–Trinajstić information content (AvgIpc) is 2.17. The molecular weight excluding hydrogens is 211 g/mol. The number of hydrogen-bond donors (Lipinski definition) is 1. The zero-order valence-electron chi connectivity index (χ0n) is 6.90. The van der Waals surface area contributed by atoms with Gasteiger partial charge in [-0.2, -0.15) is 0 Å². The minimum atomic E-state index is -4.45. The highest BCUT2D eigenvalue weighted by Gasteiger charge is 2.24. The minimum Gasteiger partial charge on any atom is -0.371 e. The maximum atomic E-state index is 10.7. The number of rotatable bonds is 5. The molecule has 0 heterocycles. The summed E-state index contributed by atoms with van der Waals surface area (Å²) in [6.07, 6.45) is 0. The number of para-hydroxylation sites is 1. The molecule has 1 aromatic rings. The van der Waals surface area contributed by atoms with Crippen LogP contribution in [0.25, 0.3) is 0 Å². The molecule has 1 atom stereocenters. The molecule has 1 N–H and O–H groups in total. The molecule has 0 aliphatic carbocycles. The van der Waals surface area contributed by atoms with E-state index in [9.17, 15) is 9.36 Å². The Bertz CT molecular complexity index is 337. The number of benzene rings is 1. The number of carbonyl (C=O) groups is 1. The van der Waals surface area contributed by atoms with Crippen molar-refractivity contribution in [2.45, 2.75) is 0 Å². The Morgan fingerprint density at radius 1 is 1.29 bits per heavy atom. The van der Waals surface area contributed by atoms with Gasteiger partial charge in [-0.1, -0.05) is 22.9 Å². The highest BCUT2D eigenvalue weighted by atomic mass is 31.2. The van der Waals surface area contributed by atoms with Gasteiger partial charge in [-0.05, 0) is 12.1 Å². The van der Waals surface area contributed by atoms with Crippen molar-refractivity contribution in [3.8, 4) is 5.75 Å². The first kappa shape index (κ1) is 10.7. The third-order valence-electron chi connectivity index (χ3n) is 1.15. The molecule has 1 unspecified atom stereocenters. The van der Waals surface area contributed by atoms with Crippen molar-refractivity contribution < 1.29 is 28.3 Å². The van der Waals surface area contributed by atoms with Crippen LogP contribution in [0, 0.1) is 0 Å². The highest BCUT2D eigenvalue weighted by Crippen LogP contribution is 2.42. The largest absolute Gasteiger partial charge is 0.566 e. The van der Waals surface area contributed by atoms with Crippen LogP contribution in [0.4, 0.5) is 0 Å². The van der Waals surface area contributed by atoms with E-state index < -0.39 is 7.82 Å². The van der Waals surface area contributed by atoms with Gasteiger partial charge in [0.05, 0.1) is 0 Å². The van der Waals surface area contributed by atoms with E-state index >= 15 is 0 Å². The fourth-order valence-corrected chi connectivity index (χ4v) is 0.962. The first-order chi connectivity index (χ1) is 6.64. The van der Waals surface area contributed by atoms with E-state index in [2.05, 4.69) is 14.1 Å². The lowest BCUT2D eigenvalue weighted by Gasteiger charge is -2.07. The van der Waals surface area contributed by atoms with E-state index in [1.54, 1.807) is 18.2 Å². The van der Waals surface area contributed by atoms with E-state index in [1.165, 1.54) is 12.1 Å². The Balaban J connectivity index is 2.49. The molecule has 0 bridgehead atoms. The summed E-state index contributed by atoms with van der Waals surface area (Å²) in [5.41, 5.74) is 0. The van der Waals surface area contributed by atoms with Gasteiger partial charge in [0.1, 0.15) is 0 Å². The lowest BCUT2D eigenvalue weighted by Crippen LogP contribution is -1.97. The zero-order valence-corrected chi connectivity index (χ0v) is 7.79. The van der Waals surface area contributed by atoms with Gasteiger partial charge in [0, 0.05) is 0 Å². The molecule has 0 saturated heterocycles. The molecule has 1 rings (SSSR count). The lowest BCUT2D eigenvalue weighted by atomic mass is 10.3. The van der Waals surface area contributed by atoms with E-state index in [1.807, 2.05) is 0 Å². The van der Waals surface area contributed by atoms with Crippen LogP contribution in [-0.2, 0) is 18.6 Å². The summed E-state index contributed by atoms with van der Waals surface area (Å²) in [6, 6.07) is 8.01. The summed E-state index contributed by atoms with van der Waals surface area (Å²) < 4.78 is 18.5.